The molecule has 4 aliphatic carbocycles. The van der Waals surface area contributed by atoms with Crippen molar-refractivity contribution in [2.24, 2.45) is 39.9 Å². The zero-order valence-electron chi connectivity index (χ0n) is 14.5. The van der Waals surface area contributed by atoms with E-state index in [1.807, 2.05) is 0 Å². The summed E-state index contributed by atoms with van der Waals surface area (Å²) in [5, 5.41) is 21.3. The number of rotatable bonds is 1. The summed E-state index contributed by atoms with van der Waals surface area (Å²) in [5.41, 5.74) is 0.584. The molecule has 0 aromatic rings. The van der Waals surface area contributed by atoms with E-state index in [4.69, 9.17) is 4.74 Å². The first-order chi connectivity index (χ1) is 11.4. The molecule has 4 nitrogen and oxygen atoms in total. The topological polar surface area (TPSA) is 66.8 Å². The van der Waals surface area contributed by atoms with Gasteiger partial charge in [-0.3, -0.25) is 4.79 Å². The van der Waals surface area contributed by atoms with Crippen molar-refractivity contribution in [1.82, 2.24) is 0 Å². The Morgan fingerprint density at radius 3 is 2.88 bits per heavy atom. The fourth-order valence-corrected chi connectivity index (χ4v) is 8.34. The van der Waals surface area contributed by atoms with Gasteiger partial charge in [-0.25, -0.2) is 0 Å². The SMILES string of the molecule is C=C1C[C@]23C[C@H]1CCC2[C@@]12CCC[C@](C)(COC1O)C2C3C(=O)O. The van der Waals surface area contributed by atoms with Gasteiger partial charge >= 0.3 is 5.97 Å². The number of carboxylic acids is 1. The maximum absolute atomic E-state index is 12.5. The molecule has 1 aliphatic heterocycles. The smallest absolute Gasteiger partial charge is 0.307 e. The Morgan fingerprint density at radius 2 is 2.12 bits per heavy atom. The molecule has 4 bridgehead atoms. The molecule has 132 valence electrons. The number of aliphatic hydroxyl groups is 1. The van der Waals surface area contributed by atoms with Crippen molar-refractivity contribution >= 4 is 5.97 Å². The Morgan fingerprint density at radius 1 is 1.33 bits per heavy atom. The van der Waals surface area contributed by atoms with Crippen molar-refractivity contribution in [3.05, 3.63) is 12.2 Å². The molecule has 8 atom stereocenters. The first-order valence-corrected chi connectivity index (χ1v) is 9.55. The lowest BCUT2D eigenvalue weighted by molar-refractivity contribution is -0.293. The predicted molar refractivity (Wildman–Crippen MR) is 88.0 cm³/mol. The monoisotopic (exact) mass is 332 g/mol. The van der Waals surface area contributed by atoms with E-state index in [0.717, 1.165) is 44.9 Å². The van der Waals surface area contributed by atoms with Crippen molar-refractivity contribution in [2.45, 2.75) is 58.2 Å². The minimum atomic E-state index is -0.799. The van der Waals surface area contributed by atoms with Crippen LogP contribution in [-0.4, -0.2) is 29.1 Å². The molecule has 2 N–H and O–H groups in total. The van der Waals surface area contributed by atoms with E-state index in [2.05, 4.69) is 13.5 Å². The van der Waals surface area contributed by atoms with E-state index >= 15 is 0 Å². The van der Waals surface area contributed by atoms with Crippen molar-refractivity contribution in [3.8, 4) is 0 Å². The molecule has 1 saturated heterocycles. The van der Waals surface area contributed by atoms with Crippen LogP contribution in [0.2, 0.25) is 0 Å². The molecule has 24 heavy (non-hydrogen) atoms. The van der Waals surface area contributed by atoms with Crippen LogP contribution in [0.5, 0.6) is 0 Å². The van der Waals surface area contributed by atoms with Crippen LogP contribution in [-0.2, 0) is 9.53 Å². The maximum atomic E-state index is 12.5. The number of hydrogen-bond donors (Lipinski definition) is 2. The van der Waals surface area contributed by atoms with Gasteiger partial charge in [-0.15, -0.1) is 0 Å². The molecular weight excluding hydrogens is 304 g/mol. The second-order valence-corrected chi connectivity index (χ2v) is 9.68. The van der Waals surface area contributed by atoms with Gasteiger partial charge in [0.1, 0.15) is 0 Å². The summed E-state index contributed by atoms with van der Waals surface area (Å²) < 4.78 is 5.90. The van der Waals surface area contributed by atoms with Crippen LogP contribution >= 0.6 is 0 Å². The Labute approximate surface area is 143 Å². The molecular formula is C20H28O4. The van der Waals surface area contributed by atoms with Crippen LogP contribution in [0.25, 0.3) is 0 Å². The highest BCUT2D eigenvalue weighted by molar-refractivity contribution is 5.73. The van der Waals surface area contributed by atoms with Gasteiger partial charge in [0.15, 0.2) is 6.29 Å². The number of ether oxygens (including phenoxy) is 1. The molecule has 5 rings (SSSR count). The molecule has 0 amide bonds. The number of aliphatic hydroxyl groups excluding tert-OH is 1. The Bertz CT molecular complexity index is 629. The van der Waals surface area contributed by atoms with E-state index in [1.54, 1.807) is 0 Å². The number of hydrogen-bond acceptors (Lipinski definition) is 3. The zero-order valence-corrected chi connectivity index (χ0v) is 14.5. The summed E-state index contributed by atoms with van der Waals surface area (Å²) in [6.45, 7) is 7.00. The van der Waals surface area contributed by atoms with E-state index in [-0.39, 0.29) is 34.0 Å². The predicted octanol–water partition coefficient (Wildman–Crippen LogP) is 3.20. The van der Waals surface area contributed by atoms with E-state index in [1.165, 1.54) is 5.57 Å². The lowest BCUT2D eigenvalue weighted by Gasteiger charge is -2.59. The van der Waals surface area contributed by atoms with Gasteiger partial charge in [-0.05, 0) is 67.1 Å². The van der Waals surface area contributed by atoms with Gasteiger partial charge in [0.05, 0.1) is 12.5 Å². The van der Waals surface area contributed by atoms with Crippen LogP contribution in [0.15, 0.2) is 12.2 Å². The van der Waals surface area contributed by atoms with Crippen LogP contribution in [0.1, 0.15) is 51.9 Å². The van der Waals surface area contributed by atoms with Gasteiger partial charge in [0.25, 0.3) is 0 Å². The highest BCUT2D eigenvalue weighted by atomic mass is 16.6. The lowest BCUT2D eigenvalue weighted by Crippen LogP contribution is -2.60. The van der Waals surface area contributed by atoms with Gasteiger partial charge in [-0.2, -0.15) is 0 Å². The zero-order chi connectivity index (χ0) is 16.9. The quantitative estimate of drug-likeness (QED) is 0.724. The average molecular weight is 332 g/mol. The summed E-state index contributed by atoms with van der Waals surface area (Å²) >= 11 is 0. The summed E-state index contributed by atoms with van der Waals surface area (Å²) in [6, 6.07) is 0. The molecule has 0 aromatic carbocycles. The van der Waals surface area contributed by atoms with Crippen molar-refractivity contribution in [1.29, 1.82) is 0 Å². The molecule has 0 aromatic heterocycles. The van der Waals surface area contributed by atoms with Crippen molar-refractivity contribution in [3.63, 3.8) is 0 Å². The first-order valence-electron chi connectivity index (χ1n) is 9.55. The molecule has 1 heterocycles. The van der Waals surface area contributed by atoms with Gasteiger partial charge in [0, 0.05) is 5.41 Å². The van der Waals surface area contributed by atoms with Crippen molar-refractivity contribution < 1.29 is 19.7 Å². The summed E-state index contributed by atoms with van der Waals surface area (Å²) in [5.74, 6) is -0.209. The number of carboxylic acid groups (broad SMARTS) is 1. The highest BCUT2D eigenvalue weighted by Gasteiger charge is 2.78. The fraction of sp³-hybridized carbons (Fsp3) is 0.850. The highest BCUT2D eigenvalue weighted by Crippen LogP contribution is 2.79. The second kappa shape index (κ2) is 4.45. The number of aliphatic carboxylic acids is 1. The lowest BCUT2D eigenvalue weighted by atomic mass is 9.51. The normalized spacial score (nSPS) is 58.2. The minimum absolute atomic E-state index is 0.0367. The van der Waals surface area contributed by atoms with Gasteiger partial charge in [0.2, 0.25) is 0 Å². The van der Waals surface area contributed by atoms with E-state index in [0.29, 0.717) is 12.5 Å². The minimum Gasteiger partial charge on any atom is -0.481 e. The number of fused-ring (bicyclic) bond motifs is 1. The standard InChI is InChI=1S/C20H28O4/c1-11-8-19-9-12(11)4-5-13(19)20-7-3-6-18(2,10-24-17(20)23)15(20)14(19)16(21)22/h12-15,17,23H,1,3-10H2,2H3,(H,21,22)/t12-,13?,14?,15?,17?,18-,19+,20-/m1/s1. The maximum Gasteiger partial charge on any atom is 0.307 e. The summed E-state index contributed by atoms with van der Waals surface area (Å²) in [4.78, 5) is 12.5. The molecule has 5 aliphatic rings. The van der Waals surface area contributed by atoms with Crippen LogP contribution in [0.4, 0.5) is 0 Å². The number of carbonyl (C=O) groups is 1. The van der Waals surface area contributed by atoms with Gasteiger partial charge in [-0.1, -0.05) is 25.5 Å². The second-order valence-electron chi connectivity index (χ2n) is 9.68. The molecule has 1 spiro atoms. The third-order valence-corrected chi connectivity index (χ3v) is 8.84. The van der Waals surface area contributed by atoms with Gasteiger partial charge < -0.3 is 14.9 Å². The molecule has 4 unspecified atom stereocenters. The van der Waals surface area contributed by atoms with Crippen LogP contribution in [0.3, 0.4) is 0 Å². The molecule has 4 saturated carbocycles. The summed E-state index contributed by atoms with van der Waals surface area (Å²) in [7, 11) is 0. The Hall–Kier alpha value is -0.870. The molecule has 4 heteroatoms. The Kier molecular flexibility index (Phi) is 2.85. The summed E-state index contributed by atoms with van der Waals surface area (Å²) in [6.07, 6.45) is 6.17. The first kappa shape index (κ1) is 15.4. The molecule has 0 radical (unpaired) electrons. The number of allylic oxidation sites excluding steroid dienone is 1. The van der Waals surface area contributed by atoms with Crippen LogP contribution < -0.4 is 0 Å². The molecule has 5 fully saturated rings. The largest absolute Gasteiger partial charge is 0.481 e. The average Bonchev–Trinajstić information content (AvgIpc) is 2.94. The van der Waals surface area contributed by atoms with Crippen LogP contribution in [0, 0.1) is 39.9 Å². The fourth-order valence-electron chi connectivity index (χ4n) is 8.34. The van der Waals surface area contributed by atoms with E-state index < -0.39 is 12.3 Å². The van der Waals surface area contributed by atoms with Crippen molar-refractivity contribution in [2.75, 3.05) is 6.61 Å². The Balaban J connectivity index is 1.76. The van der Waals surface area contributed by atoms with E-state index in [9.17, 15) is 15.0 Å². The third kappa shape index (κ3) is 1.48. The third-order valence-electron chi connectivity index (χ3n) is 8.84.